The summed E-state index contributed by atoms with van der Waals surface area (Å²) in [6.07, 6.45) is 4.16. The van der Waals surface area contributed by atoms with Crippen LogP contribution in [0.3, 0.4) is 0 Å². The standard InChI is InChI=1S/C14H20FN3O2/c1-10-4-2-3-7-14(10,9-16)17-13-6-5-11(18(19)20)8-12(13)15/h5-6,8,10,17H,2-4,7,9,16H2,1H3. The number of hydrogen-bond acceptors (Lipinski definition) is 4. The minimum atomic E-state index is -0.607. The van der Waals surface area contributed by atoms with Crippen LogP contribution in [0.15, 0.2) is 18.2 Å². The molecule has 6 heteroatoms. The van der Waals surface area contributed by atoms with E-state index >= 15 is 0 Å². The SMILES string of the molecule is CC1CCCCC1(CN)Nc1ccc([N+](=O)[O-])cc1F. The van der Waals surface area contributed by atoms with E-state index in [1.54, 1.807) is 0 Å². The molecule has 5 nitrogen and oxygen atoms in total. The van der Waals surface area contributed by atoms with Gasteiger partial charge in [-0.05, 0) is 24.8 Å². The van der Waals surface area contributed by atoms with Gasteiger partial charge in [0.1, 0.15) is 0 Å². The van der Waals surface area contributed by atoms with E-state index in [9.17, 15) is 14.5 Å². The van der Waals surface area contributed by atoms with E-state index < -0.39 is 10.7 Å². The van der Waals surface area contributed by atoms with Crippen molar-refractivity contribution in [2.24, 2.45) is 11.7 Å². The molecule has 0 spiro atoms. The quantitative estimate of drug-likeness (QED) is 0.656. The summed E-state index contributed by atoms with van der Waals surface area (Å²) in [5.41, 5.74) is 5.63. The van der Waals surface area contributed by atoms with Gasteiger partial charge in [-0.15, -0.1) is 0 Å². The molecule has 0 aromatic heterocycles. The van der Waals surface area contributed by atoms with Crippen molar-refractivity contribution in [3.8, 4) is 0 Å². The van der Waals surface area contributed by atoms with Crippen molar-refractivity contribution < 1.29 is 9.31 Å². The van der Waals surface area contributed by atoms with Crippen LogP contribution in [0.5, 0.6) is 0 Å². The highest BCUT2D eigenvalue weighted by Gasteiger charge is 2.37. The molecule has 1 aromatic carbocycles. The molecule has 0 bridgehead atoms. The molecule has 1 fully saturated rings. The number of nitrogens with one attached hydrogen (secondary N) is 1. The average Bonchev–Trinajstić information content (AvgIpc) is 2.43. The lowest BCUT2D eigenvalue weighted by Gasteiger charge is -2.43. The first-order valence-electron chi connectivity index (χ1n) is 6.91. The summed E-state index contributed by atoms with van der Waals surface area (Å²) < 4.78 is 14.0. The number of nitro benzene ring substituents is 1. The molecule has 2 unspecified atom stereocenters. The molecule has 0 aliphatic heterocycles. The third kappa shape index (κ3) is 2.75. The maximum absolute atomic E-state index is 14.0. The maximum atomic E-state index is 14.0. The Labute approximate surface area is 117 Å². The van der Waals surface area contributed by atoms with Gasteiger partial charge in [-0.1, -0.05) is 19.8 Å². The molecule has 110 valence electrons. The average molecular weight is 281 g/mol. The molecule has 0 saturated heterocycles. The second kappa shape index (κ2) is 5.75. The first kappa shape index (κ1) is 14.7. The lowest BCUT2D eigenvalue weighted by atomic mass is 9.73. The second-order valence-electron chi connectivity index (χ2n) is 5.55. The Morgan fingerprint density at radius 3 is 2.85 bits per heavy atom. The summed E-state index contributed by atoms with van der Waals surface area (Å²) in [7, 11) is 0. The summed E-state index contributed by atoms with van der Waals surface area (Å²) in [5.74, 6) is -0.263. The van der Waals surface area contributed by atoms with Crippen molar-refractivity contribution in [3.63, 3.8) is 0 Å². The number of non-ortho nitro benzene ring substituents is 1. The largest absolute Gasteiger partial charge is 0.376 e. The van der Waals surface area contributed by atoms with E-state index in [-0.39, 0.29) is 16.9 Å². The molecule has 20 heavy (non-hydrogen) atoms. The van der Waals surface area contributed by atoms with Crippen molar-refractivity contribution in [1.29, 1.82) is 0 Å². The molecule has 0 amide bonds. The van der Waals surface area contributed by atoms with Crippen LogP contribution >= 0.6 is 0 Å². The lowest BCUT2D eigenvalue weighted by Crippen LogP contribution is -2.52. The Hall–Kier alpha value is -1.69. The molecule has 2 atom stereocenters. The zero-order valence-corrected chi connectivity index (χ0v) is 11.6. The summed E-state index contributed by atoms with van der Waals surface area (Å²) in [6, 6.07) is 3.68. The fraction of sp³-hybridized carbons (Fsp3) is 0.571. The zero-order chi connectivity index (χ0) is 14.8. The van der Waals surface area contributed by atoms with Crippen LogP contribution < -0.4 is 11.1 Å². The first-order chi connectivity index (χ1) is 9.48. The van der Waals surface area contributed by atoms with Gasteiger partial charge in [0.25, 0.3) is 5.69 Å². The Kier molecular flexibility index (Phi) is 4.23. The van der Waals surface area contributed by atoms with Crippen molar-refractivity contribution in [3.05, 3.63) is 34.1 Å². The Balaban J connectivity index is 2.25. The number of halogens is 1. The molecule has 0 radical (unpaired) electrons. The lowest BCUT2D eigenvalue weighted by molar-refractivity contribution is -0.385. The monoisotopic (exact) mass is 281 g/mol. The van der Waals surface area contributed by atoms with E-state index in [1.807, 2.05) is 0 Å². The number of nitrogens with zero attached hydrogens (tertiary/aromatic N) is 1. The van der Waals surface area contributed by atoms with E-state index in [0.717, 1.165) is 31.7 Å². The summed E-state index contributed by atoms with van der Waals surface area (Å²) in [4.78, 5) is 10.0. The van der Waals surface area contributed by atoms with E-state index in [2.05, 4.69) is 12.2 Å². The molecule has 2 rings (SSSR count). The van der Waals surface area contributed by atoms with Crippen molar-refractivity contribution in [1.82, 2.24) is 0 Å². The van der Waals surface area contributed by atoms with Crippen LogP contribution in [0, 0.1) is 21.8 Å². The van der Waals surface area contributed by atoms with Crippen molar-refractivity contribution >= 4 is 11.4 Å². The van der Waals surface area contributed by atoms with Gasteiger partial charge in [-0.2, -0.15) is 0 Å². The number of rotatable bonds is 4. The minimum Gasteiger partial charge on any atom is -0.376 e. The fourth-order valence-electron chi connectivity index (χ4n) is 2.94. The van der Waals surface area contributed by atoms with Crippen LogP contribution in [-0.2, 0) is 0 Å². The van der Waals surface area contributed by atoms with E-state index in [0.29, 0.717) is 12.5 Å². The normalized spacial score (nSPS) is 26.2. The van der Waals surface area contributed by atoms with Crippen molar-refractivity contribution in [2.75, 3.05) is 11.9 Å². The predicted molar refractivity (Wildman–Crippen MR) is 76.1 cm³/mol. The highest BCUT2D eigenvalue weighted by molar-refractivity contribution is 5.52. The van der Waals surface area contributed by atoms with Gasteiger partial charge in [0.15, 0.2) is 5.82 Å². The van der Waals surface area contributed by atoms with Gasteiger partial charge in [0.05, 0.1) is 22.2 Å². The molecule has 0 heterocycles. The molecular weight excluding hydrogens is 261 g/mol. The second-order valence-corrected chi connectivity index (χ2v) is 5.55. The Morgan fingerprint density at radius 2 is 2.30 bits per heavy atom. The Bertz CT molecular complexity index is 509. The minimum absolute atomic E-state index is 0.244. The third-order valence-corrected chi connectivity index (χ3v) is 4.36. The molecular formula is C14H20FN3O2. The van der Waals surface area contributed by atoms with Crippen molar-refractivity contribution in [2.45, 2.75) is 38.1 Å². The smallest absolute Gasteiger partial charge is 0.272 e. The topological polar surface area (TPSA) is 81.2 Å². The molecule has 1 aliphatic carbocycles. The molecule has 1 aliphatic rings. The number of benzene rings is 1. The van der Waals surface area contributed by atoms with E-state index in [1.165, 1.54) is 12.1 Å². The number of nitro groups is 1. The van der Waals surface area contributed by atoms with Gasteiger partial charge in [-0.3, -0.25) is 10.1 Å². The predicted octanol–water partition coefficient (Wildman–Crippen LogP) is 3.05. The number of anilines is 1. The summed E-state index contributed by atoms with van der Waals surface area (Å²) in [6.45, 7) is 2.53. The fourth-order valence-corrected chi connectivity index (χ4v) is 2.94. The van der Waals surface area contributed by atoms with Gasteiger partial charge >= 0.3 is 0 Å². The van der Waals surface area contributed by atoms with Crippen LogP contribution in [0.25, 0.3) is 0 Å². The van der Waals surface area contributed by atoms with Crippen LogP contribution in [0.4, 0.5) is 15.8 Å². The van der Waals surface area contributed by atoms with Crippen LogP contribution in [0.2, 0.25) is 0 Å². The zero-order valence-electron chi connectivity index (χ0n) is 11.6. The van der Waals surface area contributed by atoms with Gasteiger partial charge < -0.3 is 11.1 Å². The first-order valence-corrected chi connectivity index (χ1v) is 6.91. The summed E-state index contributed by atoms with van der Waals surface area (Å²) in [5, 5.41) is 13.8. The van der Waals surface area contributed by atoms with Crippen LogP contribution in [0.1, 0.15) is 32.6 Å². The molecule has 3 N–H and O–H groups in total. The highest BCUT2D eigenvalue weighted by atomic mass is 19.1. The van der Waals surface area contributed by atoms with Gasteiger partial charge in [0.2, 0.25) is 0 Å². The molecule has 1 saturated carbocycles. The van der Waals surface area contributed by atoms with Gasteiger partial charge in [0, 0.05) is 12.6 Å². The van der Waals surface area contributed by atoms with E-state index in [4.69, 9.17) is 5.73 Å². The maximum Gasteiger partial charge on any atom is 0.272 e. The highest BCUT2D eigenvalue weighted by Crippen LogP contribution is 2.36. The van der Waals surface area contributed by atoms with Crippen LogP contribution in [-0.4, -0.2) is 17.0 Å². The van der Waals surface area contributed by atoms with Gasteiger partial charge in [-0.25, -0.2) is 4.39 Å². The third-order valence-electron chi connectivity index (χ3n) is 4.36. The number of nitrogens with two attached hydrogens (primary N) is 1. The Morgan fingerprint density at radius 1 is 1.55 bits per heavy atom. The molecule has 1 aromatic rings. The summed E-state index contributed by atoms with van der Waals surface area (Å²) >= 11 is 0. The number of hydrogen-bond donors (Lipinski definition) is 2.